The molecule has 34 heavy (non-hydrogen) atoms. The molecular formula is C29H24N2O2S. The minimum Gasteiger partial charge on any atom is -0.322 e. The van der Waals surface area contributed by atoms with Gasteiger partial charge in [-0.2, -0.15) is 0 Å². The van der Waals surface area contributed by atoms with E-state index >= 15 is 0 Å². The molecule has 4 aromatic carbocycles. The van der Waals surface area contributed by atoms with Gasteiger partial charge in [0.15, 0.2) is 0 Å². The number of hydrogen-bond acceptors (Lipinski definition) is 3. The largest absolute Gasteiger partial charge is 0.322 e. The van der Waals surface area contributed by atoms with Crippen molar-refractivity contribution in [2.24, 2.45) is 0 Å². The first-order chi connectivity index (χ1) is 16.6. The molecule has 0 bridgehead atoms. The number of nitrogens with one attached hydrogen (secondary N) is 1. The molecule has 0 aliphatic carbocycles. The van der Waals surface area contributed by atoms with Gasteiger partial charge in [-0.3, -0.25) is 9.59 Å². The van der Waals surface area contributed by atoms with E-state index in [0.29, 0.717) is 23.4 Å². The number of hydrogen-bond donors (Lipinski definition) is 1. The number of fused-ring (bicyclic) bond motifs is 2. The molecule has 1 N–H and O–H groups in total. The highest BCUT2D eigenvalue weighted by molar-refractivity contribution is 7.98. The predicted octanol–water partition coefficient (Wildman–Crippen LogP) is 6.41. The predicted molar refractivity (Wildman–Crippen MR) is 139 cm³/mol. The summed E-state index contributed by atoms with van der Waals surface area (Å²) in [7, 11) is 0. The maximum atomic E-state index is 13.6. The van der Waals surface area contributed by atoms with E-state index in [1.165, 1.54) is 17.3 Å². The number of anilines is 2. The fourth-order valence-corrected chi connectivity index (χ4v) is 4.93. The molecule has 2 amide bonds. The van der Waals surface area contributed by atoms with Crippen LogP contribution < -0.4 is 10.2 Å². The molecule has 0 unspecified atom stereocenters. The van der Waals surface area contributed by atoms with Crippen molar-refractivity contribution < 1.29 is 9.59 Å². The second-order valence-electron chi connectivity index (χ2n) is 8.20. The van der Waals surface area contributed by atoms with Crippen LogP contribution in [0.25, 0.3) is 0 Å². The Bertz CT molecular complexity index is 1360. The van der Waals surface area contributed by atoms with Crippen molar-refractivity contribution in [2.75, 3.05) is 16.5 Å². The third-order valence-corrected chi connectivity index (χ3v) is 6.89. The summed E-state index contributed by atoms with van der Waals surface area (Å²) in [4.78, 5) is 29.1. The molecule has 4 nitrogen and oxygen atoms in total. The highest BCUT2D eigenvalue weighted by Crippen LogP contribution is 2.32. The molecule has 0 spiro atoms. The molecule has 1 aliphatic rings. The van der Waals surface area contributed by atoms with Crippen LogP contribution in [0.5, 0.6) is 0 Å². The Morgan fingerprint density at radius 3 is 2.18 bits per heavy atom. The zero-order chi connectivity index (χ0) is 23.5. The summed E-state index contributed by atoms with van der Waals surface area (Å²) in [6.45, 7) is 0.524. The van der Waals surface area contributed by atoms with Gasteiger partial charge in [0.1, 0.15) is 0 Å². The average molecular weight is 465 g/mol. The van der Waals surface area contributed by atoms with Crippen molar-refractivity contribution in [1.82, 2.24) is 0 Å². The first-order valence-electron chi connectivity index (χ1n) is 11.1. The van der Waals surface area contributed by atoms with Gasteiger partial charge in [-0.1, -0.05) is 54.6 Å². The lowest BCUT2D eigenvalue weighted by Gasteiger charge is -2.23. The quantitative estimate of drug-likeness (QED) is 0.355. The second kappa shape index (κ2) is 9.57. The Morgan fingerprint density at radius 1 is 0.765 bits per heavy atom. The molecule has 5 heteroatoms. The Hall–Kier alpha value is -3.83. The molecule has 1 aliphatic heterocycles. The van der Waals surface area contributed by atoms with Gasteiger partial charge in [-0.25, -0.2) is 0 Å². The summed E-state index contributed by atoms with van der Waals surface area (Å²) in [5.41, 5.74) is 6.34. The van der Waals surface area contributed by atoms with Gasteiger partial charge in [0.05, 0.1) is 12.1 Å². The SMILES string of the molecule is CSc1ccccc1C(=O)Nc1ccc(C(=O)N2Cc3ccccc3Cc3ccccc32)cc1. The molecule has 0 saturated carbocycles. The molecule has 1 heterocycles. The number of para-hydroxylation sites is 1. The first-order valence-corrected chi connectivity index (χ1v) is 12.4. The molecule has 0 radical (unpaired) electrons. The van der Waals surface area contributed by atoms with Crippen molar-refractivity contribution >= 4 is 35.0 Å². The molecule has 5 rings (SSSR count). The third-order valence-electron chi connectivity index (χ3n) is 6.10. The number of carbonyl (C=O) groups is 2. The topological polar surface area (TPSA) is 49.4 Å². The first kappa shape index (κ1) is 22.0. The van der Waals surface area contributed by atoms with E-state index in [2.05, 4.69) is 23.5 Å². The fraction of sp³-hybridized carbons (Fsp3) is 0.103. The minimum atomic E-state index is -0.165. The molecule has 0 fully saturated rings. The van der Waals surface area contributed by atoms with Crippen LogP contribution >= 0.6 is 11.8 Å². The van der Waals surface area contributed by atoms with E-state index in [9.17, 15) is 9.59 Å². The monoisotopic (exact) mass is 464 g/mol. The standard InChI is InChI=1S/C29H24N2O2S/c1-34-27-13-7-5-11-25(27)28(32)30-24-16-14-20(15-17-24)29(33)31-19-23-10-3-2-8-21(23)18-22-9-4-6-12-26(22)31/h2-17H,18-19H2,1H3,(H,30,32). The maximum absolute atomic E-state index is 13.6. The molecule has 0 aromatic heterocycles. The summed E-state index contributed by atoms with van der Waals surface area (Å²) >= 11 is 1.54. The summed E-state index contributed by atoms with van der Waals surface area (Å²) < 4.78 is 0. The molecule has 0 atom stereocenters. The Balaban J connectivity index is 1.39. The molecule has 0 saturated heterocycles. The van der Waals surface area contributed by atoms with Crippen LogP contribution in [-0.2, 0) is 13.0 Å². The zero-order valence-corrected chi connectivity index (χ0v) is 19.6. The number of amides is 2. The Morgan fingerprint density at radius 2 is 1.41 bits per heavy atom. The maximum Gasteiger partial charge on any atom is 0.258 e. The average Bonchev–Trinajstić information content (AvgIpc) is 3.05. The van der Waals surface area contributed by atoms with E-state index in [-0.39, 0.29) is 11.8 Å². The van der Waals surface area contributed by atoms with E-state index in [1.54, 1.807) is 24.3 Å². The zero-order valence-electron chi connectivity index (χ0n) is 18.8. The van der Waals surface area contributed by atoms with Crippen LogP contribution in [0.1, 0.15) is 37.4 Å². The van der Waals surface area contributed by atoms with Crippen LogP contribution in [-0.4, -0.2) is 18.1 Å². The minimum absolute atomic E-state index is 0.0604. The van der Waals surface area contributed by atoms with Gasteiger partial charge in [0, 0.05) is 21.8 Å². The van der Waals surface area contributed by atoms with Crippen molar-refractivity contribution in [2.45, 2.75) is 17.9 Å². The van der Waals surface area contributed by atoms with Crippen molar-refractivity contribution in [1.29, 1.82) is 0 Å². The van der Waals surface area contributed by atoms with E-state index in [0.717, 1.165) is 28.1 Å². The summed E-state index contributed by atoms with van der Waals surface area (Å²) in [6.07, 6.45) is 2.75. The Labute approximate surface area is 203 Å². The Kier molecular flexibility index (Phi) is 6.19. The molecule has 4 aromatic rings. The van der Waals surface area contributed by atoms with E-state index in [1.807, 2.05) is 65.8 Å². The number of thioether (sulfide) groups is 1. The van der Waals surface area contributed by atoms with Gasteiger partial charge >= 0.3 is 0 Å². The number of rotatable bonds is 4. The lowest BCUT2D eigenvalue weighted by atomic mass is 10.0. The molecular weight excluding hydrogens is 440 g/mol. The number of carbonyl (C=O) groups excluding carboxylic acids is 2. The smallest absolute Gasteiger partial charge is 0.258 e. The summed E-state index contributed by atoms with van der Waals surface area (Å²) in [5, 5.41) is 2.94. The van der Waals surface area contributed by atoms with Crippen molar-refractivity contribution in [3.05, 3.63) is 125 Å². The normalized spacial score (nSPS) is 12.3. The summed E-state index contributed by atoms with van der Waals surface area (Å²) in [5.74, 6) is -0.225. The van der Waals surface area contributed by atoms with Crippen LogP contribution in [0.3, 0.4) is 0 Å². The van der Waals surface area contributed by atoms with E-state index in [4.69, 9.17) is 0 Å². The number of benzene rings is 4. The van der Waals surface area contributed by atoms with E-state index < -0.39 is 0 Å². The van der Waals surface area contributed by atoms with Crippen LogP contribution in [0.15, 0.2) is 102 Å². The highest BCUT2D eigenvalue weighted by atomic mass is 32.2. The summed E-state index contributed by atoms with van der Waals surface area (Å²) in [6, 6.07) is 31.0. The third kappa shape index (κ3) is 4.35. The van der Waals surface area contributed by atoms with Gasteiger partial charge in [0.25, 0.3) is 11.8 Å². The highest BCUT2D eigenvalue weighted by Gasteiger charge is 2.24. The van der Waals surface area contributed by atoms with Gasteiger partial charge in [0.2, 0.25) is 0 Å². The van der Waals surface area contributed by atoms with Gasteiger partial charge in [-0.15, -0.1) is 11.8 Å². The lowest BCUT2D eigenvalue weighted by Crippen LogP contribution is -2.30. The number of nitrogens with zero attached hydrogens (tertiary/aromatic N) is 1. The molecule has 168 valence electrons. The lowest BCUT2D eigenvalue weighted by molar-refractivity contribution is 0.0984. The van der Waals surface area contributed by atoms with Crippen molar-refractivity contribution in [3.63, 3.8) is 0 Å². The van der Waals surface area contributed by atoms with Gasteiger partial charge < -0.3 is 10.2 Å². The fourth-order valence-electron chi connectivity index (χ4n) is 4.33. The van der Waals surface area contributed by atoms with Crippen LogP contribution in [0.4, 0.5) is 11.4 Å². The second-order valence-corrected chi connectivity index (χ2v) is 9.05. The van der Waals surface area contributed by atoms with Crippen LogP contribution in [0.2, 0.25) is 0 Å². The van der Waals surface area contributed by atoms with Crippen LogP contribution in [0, 0.1) is 0 Å². The van der Waals surface area contributed by atoms with Crippen molar-refractivity contribution in [3.8, 4) is 0 Å². The van der Waals surface area contributed by atoms with Gasteiger partial charge in [-0.05, 0) is 71.8 Å².